The summed E-state index contributed by atoms with van der Waals surface area (Å²) in [5, 5.41) is 12.1. The SMILES string of the molecule is Cc1cc(C)c(NC(=O)CCCSc2nncn2-c2ccccc2)c(C)c1. The average Bonchev–Trinajstić information content (AvgIpc) is 3.11. The Morgan fingerprint density at radius 2 is 1.81 bits per heavy atom. The van der Waals surface area contributed by atoms with Crippen LogP contribution in [0.1, 0.15) is 29.5 Å². The Labute approximate surface area is 164 Å². The van der Waals surface area contributed by atoms with E-state index >= 15 is 0 Å². The third-order valence-corrected chi connectivity index (χ3v) is 5.30. The van der Waals surface area contributed by atoms with Crippen molar-refractivity contribution in [3.8, 4) is 5.69 Å². The first-order valence-corrected chi connectivity index (χ1v) is 9.99. The van der Waals surface area contributed by atoms with Crippen LogP contribution in [-0.2, 0) is 4.79 Å². The Hall–Kier alpha value is -2.60. The van der Waals surface area contributed by atoms with E-state index in [-0.39, 0.29) is 5.91 Å². The minimum absolute atomic E-state index is 0.0511. The minimum Gasteiger partial charge on any atom is -0.326 e. The number of aryl methyl sites for hydroxylation is 3. The number of hydrogen-bond acceptors (Lipinski definition) is 4. The van der Waals surface area contributed by atoms with Gasteiger partial charge in [0.05, 0.1) is 0 Å². The number of para-hydroxylation sites is 1. The third-order valence-electron chi connectivity index (χ3n) is 4.27. The molecule has 5 nitrogen and oxygen atoms in total. The fourth-order valence-electron chi connectivity index (χ4n) is 3.06. The number of nitrogens with zero attached hydrogens (tertiary/aromatic N) is 3. The zero-order valence-electron chi connectivity index (χ0n) is 15.9. The number of anilines is 1. The molecule has 1 amide bonds. The van der Waals surface area contributed by atoms with E-state index in [2.05, 4.69) is 34.6 Å². The van der Waals surface area contributed by atoms with Crippen molar-refractivity contribution in [2.75, 3.05) is 11.1 Å². The molecular formula is C21H24N4OS. The lowest BCUT2D eigenvalue weighted by molar-refractivity contribution is -0.116. The number of hydrogen-bond donors (Lipinski definition) is 1. The molecule has 140 valence electrons. The second-order valence-electron chi connectivity index (χ2n) is 6.59. The van der Waals surface area contributed by atoms with E-state index < -0.39 is 0 Å². The van der Waals surface area contributed by atoms with E-state index in [0.29, 0.717) is 6.42 Å². The van der Waals surface area contributed by atoms with Gasteiger partial charge >= 0.3 is 0 Å². The number of thioether (sulfide) groups is 1. The molecule has 0 fully saturated rings. The number of rotatable bonds is 7. The molecule has 0 aliphatic carbocycles. The van der Waals surface area contributed by atoms with Crippen LogP contribution in [0.4, 0.5) is 5.69 Å². The van der Waals surface area contributed by atoms with Gasteiger partial charge in [-0.25, -0.2) is 0 Å². The zero-order valence-corrected chi connectivity index (χ0v) is 16.7. The molecule has 0 unspecified atom stereocenters. The number of amides is 1. The highest BCUT2D eigenvalue weighted by atomic mass is 32.2. The largest absolute Gasteiger partial charge is 0.326 e. The summed E-state index contributed by atoms with van der Waals surface area (Å²) in [6.07, 6.45) is 2.98. The first-order valence-electron chi connectivity index (χ1n) is 9.00. The fraction of sp³-hybridized carbons (Fsp3) is 0.286. The van der Waals surface area contributed by atoms with E-state index in [1.54, 1.807) is 18.1 Å². The van der Waals surface area contributed by atoms with Gasteiger partial charge in [-0.15, -0.1) is 10.2 Å². The second kappa shape index (κ2) is 8.86. The van der Waals surface area contributed by atoms with E-state index in [1.165, 1.54) is 5.56 Å². The number of nitrogens with one attached hydrogen (secondary N) is 1. The van der Waals surface area contributed by atoms with E-state index in [1.807, 2.05) is 48.7 Å². The smallest absolute Gasteiger partial charge is 0.224 e. The van der Waals surface area contributed by atoms with Gasteiger partial charge in [0.15, 0.2) is 5.16 Å². The topological polar surface area (TPSA) is 59.8 Å². The Kier molecular flexibility index (Phi) is 6.29. The van der Waals surface area contributed by atoms with Crippen LogP contribution >= 0.6 is 11.8 Å². The Morgan fingerprint density at radius 1 is 1.11 bits per heavy atom. The number of carbonyl (C=O) groups excluding carboxylic acids is 1. The molecule has 3 rings (SSSR count). The van der Waals surface area contributed by atoms with E-state index in [4.69, 9.17) is 0 Å². The maximum Gasteiger partial charge on any atom is 0.224 e. The standard InChI is InChI=1S/C21H24N4OS/c1-15-12-16(2)20(17(3)13-15)23-19(26)10-7-11-27-21-24-22-14-25(21)18-8-5-4-6-9-18/h4-6,8-9,12-14H,7,10-11H2,1-3H3,(H,23,26). The fourth-order valence-corrected chi connectivity index (χ4v) is 3.93. The van der Waals surface area contributed by atoms with E-state index in [9.17, 15) is 4.79 Å². The molecule has 3 aromatic rings. The minimum atomic E-state index is 0.0511. The molecule has 0 aliphatic heterocycles. The molecule has 1 N–H and O–H groups in total. The maximum absolute atomic E-state index is 12.3. The molecular weight excluding hydrogens is 356 g/mol. The maximum atomic E-state index is 12.3. The van der Waals surface area contributed by atoms with Crippen molar-refractivity contribution in [2.45, 2.75) is 38.8 Å². The molecule has 0 bridgehead atoms. The van der Waals surface area contributed by atoms with Gasteiger partial charge in [-0.2, -0.15) is 0 Å². The van der Waals surface area contributed by atoms with Gasteiger partial charge in [-0.05, 0) is 50.5 Å². The summed E-state index contributed by atoms with van der Waals surface area (Å²) in [6, 6.07) is 14.2. The zero-order chi connectivity index (χ0) is 19.2. The Bertz CT molecular complexity index is 898. The van der Waals surface area contributed by atoms with Crippen LogP contribution in [0.3, 0.4) is 0 Å². The van der Waals surface area contributed by atoms with Crippen LogP contribution in [0, 0.1) is 20.8 Å². The molecule has 0 saturated carbocycles. The Morgan fingerprint density at radius 3 is 2.52 bits per heavy atom. The second-order valence-corrected chi connectivity index (χ2v) is 7.66. The van der Waals surface area contributed by atoms with Gasteiger partial charge in [-0.1, -0.05) is 47.7 Å². The van der Waals surface area contributed by atoms with Crippen molar-refractivity contribution in [3.63, 3.8) is 0 Å². The molecule has 0 radical (unpaired) electrons. The highest BCUT2D eigenvalue weighted by Crippen LogP contribution is 2.23. The summed E-state index contributed by atoms with van der Waals surface area (Å²) in [5.41, 5.74) is 5.38. The molecule has 2 aromatic carbocycles. The van der Waals surface area contributed by atoms with Gasteiger partial charge in [-0.3, -0.25) is 9.36 Å². The lowest BCUT2D eigenvalue weighted by Gasteiger charge is -2.12. The van der Waals surface area contributed by atoms with Crippen LogP contribution in [0.5, 0.6) is 0 Å². The van der Waals surface area contributed by atoms with Crippen LogP contribution in [0.2, 0.25) is 0 Å². The summed E-state index contributed by atoms with van der Waals surface area (Å²) in [4.78, 5) is 12.3. The molecule has 0 atom stereocenters. The quantitative estimate of drug-likeness (QED) is 0.477. The van der Waals surface area contributed by atoms with Crippen molar-refractivity contribution in [1.82, 2.24) is 14.8 Å². The first-order chi connectivity index (χ1) is 13.0. The lowest BCUT2D eigenvalue weighted by Crippen LogP contribution is -2.13. The van der Waals surface area contributed by atoms with Crippen LogP contribution in [-0.4, -0.2) is 26.4 Å². The van der Waals surface area contributed by atoms with Gasteiger partial charge in [0.1, 0.15) is 6.33 Å². The summed E-state index contributed by atoms with van der Waals surface area (Å²) >= 11 is 1.61. The van der Waals surface area contributed by atoms with Crippen molar-refractivity contribution in [1.29, 1.82) is 0 Å². The first kappa shape index (κ1) is 19.2. The third kappa shape index (κ3) is 4.98. The number of benzene rings is 2. The van der Waals surface area contributed by atoms with Gasteiger partial charge < -0.3 is 5.32 Å². The monoisotopic (exact) mass is 380 g/mol. The van der Waals surface area contributed by atoms with Crippen LogP contribution < -0.4 is 5.32 Å². The molecule has 27 heavy (non-hydrogen) atoms. The summed E-state index contributed by atoms with van der Waals surface area (Å²) in [5.74, 6) is 0.861. The Balaban J connectivity index is 1.50. The summed E-state index contributed by atoms with van der Waals surface area (Å²) < 4.78 is 1.96. The molecule has 0 saturated heterocycles. The van der Waals surface area contributed by atoms with E-state index in [0.717, 1.165) is 39.8 Å². The molecule has 6 heteroatoms. The molecule has 0 aliphatic rings. The summed E-state index contributed by atoms with van der Waals surface area (Å²) in [6.45, 7) is 6.13. The highest BCUT2D eigenvalue weighted by molar-refractivity contribution is 7.99. The van der Waals surface area contributed by atoms with Gasteiger partial charge in [0.2, 0.25) is 5.91 Å². The van der Waals surface area contributed by atoms with Crippen molar-refractivity contribution in [2.24, 2.45) is 0 Å². The van der Waals surface area contributed by atoms with Crippen molar-refractivity contribution in [3.05, 3.63) is 65.5 Å². The summed E-state index contributed by atoms with van der Waals surface area (Å²) in [7, 11) is 0. The van der Waals surface area contributed by atoms with Crippen molar-refractivity contribution >= 4 is 23.4 Å². The van der Waals surface area contributed by atoms with Crippen LogP contribution in [0.25, 0.3) is 5.69 Å². The normalized spacial score (nSPS) is 10.8. The predicted molar refractivity (Wildman–Crippen MR) is 111 cm³/mol. The number of aromatic nitrogens is 3. The molecule has 0 spiro atoms. The molecule has 1 heterocycles. The van der Waals surface area contributed by atoms with Gasteiger partial charge in [0.25, 0.3) is 0 Å². The van der Waals surface area contributed by atoms with Crippen LogP contribution in [0.15, 0.2) is 53.9 Å². The number of carbonyl (C=O) groups is 1. The lowest BCUT2D eigenvalue weighted by atomic mass is 10.0. The molecule has 1 aromatic heterocycles. The van der Waals surface area contributed by atoms with Gasteiger partial charge in [0, 0.05) is 23.5 Å². The van der Waals surface area contributed by atoms with Crippen molar-refractivity contribution < 1.29 is 4.79 Å². The average molecular weight is 381 g/mol. The predicted octanol–water partition coefficient (Wildman–Crippen LogP) is 4.70. The highest BCUT2D eigenvalue weighted by Gasteiger charge is 2.10.